The zero-order valence-electron chi connectivity index (χ0n) is 14.2. The van der Waals surface area contributed by atoms with Crippen LogP contribution in [0.5, 0.6) is 0 Å². The molecular weight excluding hydrogens is 288 g/mol. The summed E-state index contributed by atoms with van der Waals surface area (Å²) < 4.78 is 25.3. The Bertz CT molecular complexity index is 483. The van der Waals surface area contributed by atoms with Gasteiger partial charge in [-0.3, -0.25) is 4.99 Å². The number of hydrogen-bond donors (Lipinski definition) is 2. The number of hydrogen-bond acceptors (Lipinski definition) is 3. The van der Waals surface area contributed by atoms with Crippen LogP contribution in [0.1, 0.15) is 41.5 Å². The maximum absolute atomic E-state index is 11.4. The van der Waals surface area contributed by atoms with Crippen LogP contribution in [0.2, 0.25) is 0 Å². The SMILES string of the molecule is CCNC(=NCCNS(=O)(=O)CC)N1CC(C)(C)C1(C)C. The van der Waals surface area contributed by atoms with Gasteiger partial charge in [0.25, 0.3) is 0 Å². The Morgan fingerprint density at radius 3 is 2.29 bits per heavy atom. The second kappa shape index (κ2) is 6.52. The Hall–Kier alpha value is -0.820. The van der Waals surface area contributed by atoms with Crippen LogP contribution in [0.4, 0.5) is 0 Å². The highest BCUT2D eigenvalue weighted by Gasteiger charge is 2.53. The molecule has 0 aromatic heterocycles. The molecule has 0 aromatic rings. The summed E-state index contributed by atoms with van der Waals surface area (Å²) in [7, 11) is -3.14. The molecule has 0 spiro atoms. The standard InChI is InChI=1S/C14H30N4O2S/c1-7-15-12(16-9-10-17-21(19,20)8-2)18-11-13(3,4)14(18,5)6/h17H,7-11H2,1-6H3,(H,15,16). The molecule has 0 amide bonds. The van der Waals surface area contributed by atoms with E-state index in [2.05, 4.69) is 47.6 Å². The van der Waals surface area contributed by atoms with Crippen LogP contribution in [0.3, 0.4) is 0 Å². The summed E-state index contributed by atoms with van der Waals surface area (Å²) >= 11 is 0. The van der Waals surface area contributed by atoms with E-state index in [9.17, 15) is 8.42 Å². The van der Waals surface area contributed by atoms with E-state index in [4.69, 9.17) is 0 Å². The highest BCUT2D eigenvalue weighted by Crippen LogP contribution is 2.46. The normalized spacial score (nSPS) is 21.0. The summed E-state index contributed by atoms with van der Waals surface area (Å²) in [6, 6.07) is 0. The molecule has 1 fully saturated rings. The smallest absolute Gasteiger partial charge is 0.211 e. The van der Waals surface area contributed by atoms with Gasteiger partial charge < -0.3 is 10.2 Å². The van der Waals surface area contributed by atoms with Gasteiger partial charge in [0.15, 0.2) is 5.96 Å². The molecule has 7 heteroatoms. The third-order valence-electron chi connectivity index (χ3n) is 4.55. The molecule has 0 saturated carbocycles. The van der Waals surface area contributed by atoms with E-state index in [0.717, 1.165) is 19.0 Å². The van der Waals surface area contributed by atoms with E-state index in [0.29, 0.717) is 13.1 Å². The second-order valence-corrected chi connectivity index (χ2v) is 8.66. The molecule has 1 aliphatic rings. The predicted molar refractivity (Wildman–Crippen MR) is 88.0 cm³/mol. The van der Waals surface area contributed by atoms with Crippen LogP contribution in [-0.2, 0) is 10.0 Å². The fraction of sp³-hybridized carbons (Fsp3) is 0.929. The van der Waals surface area contributed by atoms with Crippen LogP contribution in [0, 0.1) is 5.41 Å². The van der Waals surface area contributed by atoms with E-state index in [1.165, 1.54) is 0 Å². The molecule has 1 heterocycles. The first kappa shape index (κ1) is 18.2. The molecule has 0 bridgehead atoms. The third-order valence-corrected chi connectivity index (χ3v) is 5.95. The zero-order chi connectivity index (χ0) is 16.3. The Kier molecular flexibility index (Phi) is 5.66. The van der Waals surface area contributed by atoms with Crippen molar-refractivity contribution in [2.24, 2.45) is 10.4 Å². The fourth-order valence-corrected chi connectivity index (χ4v) is 2.87. The lowest BCUT2D eigenvalue weighted by Gasteiger charge is -2.62. The number of sulfonamides is 1. The monoisotopic (exact) mass is 318 g/mol. The summed E-state index contributed by atoms with van der Waals surface area (Å²) in [6.07, 6.45) is 0. The minimum absolute atomic E-state index is 0.0386. The lowest BCUT2D eigenvalue weighted by atomic mass is 9.65. The lowest BCUT2D eigenvalue weighted by molar-refractivity contribution is -0.0667. The van der Waals surface area contributed by atoms with E-state index < -0.39 is 10.0 Å². The highest BCUT2D eigenvalue weighted by molar-refractivity contribution is 7.89. The number of rotatable bonds is 6. The molecule has 21 heavy (non-hydrogen) atoms. The Morgan fingerprint density at radius 1 is 1.24 bits per heavy atom. The maximum Gasteiger partial charge on any atom is 0.211 e. The first-order valence-electron chi connectivity index (χ1n) is 7.60. The summed E-state index contributed by atoms with van der Waals surface area (Å²) in [6.45, 7) is 15.1. The second-order valence-electron chi connectivity index (χ2n) is 6.56. The minimum Gasteiger partial charge on any atom is -0.356 e. The van der Waals surface area contributed by atoms with Gasteiger partial charge >= 0.3 is 0 Å². The van der Waals surface area contributed by atoms with Gasteiger partial charge in [0, 0.05) is 30.6 Å². The molecule has 124 valence electrons. The molecule has 0 unspecified atom stereocenters. The minimum atomic E-state index is -3.14. The molecule has 1 rings (SSSR count). The van der Waals surface area contributed by atoms with Crippen LogP contribution in [0.25, 0.3) is 0 Å². The van der Waals surface area contributed by atoms with Gasteiger partial charge in [-0.2, -0.15) is 0 Å². The van der Waals surface area contributed by atoms with Crippen LogP contribution in [-0.4, -0.2) is 56.7 Å². The van der Waals surface area contributed by atoms with Gasteiger partial charge in [0.2, 0.25) is 10.0 Å². The van der Waals surface area contributed by atoms with Crippen molar-refractivity contribution in [2.75, 3.05) is 31.9 Å². The number of nitrogens with zero attached hydrogens (tertiary/aromatic N) is 2. The molecule has 0 atom stereocenters. The summed E-state index contributed by atoms with van der Waals surface area (Å²) in [5.74, 6) is 0.960. The molecule has 0 radical (unpaired) electrons. The topological polar surface area (TPSA) is 73.8 Å². The van der Waals surface area contributed by atoms with E-state index in [1.54, 1.807) is 6.92 Å². The molecular formula is C14H30N4O2S. The molecule has 0 aromatic carbocycles. The quantitative estimate of drug-likeness (QED) is 0.435. The maximum atomic E-state index is 11.4. The number of likely N-dealkylation sites (tertiary alicyclic amines) is 1. The fourth-order valence-electron chi connectivity index (χ4n) is 2.26. The van der Waals surface area contributed by atoms with Gasteiger partial charge in [-0.1, -0.05) is 13.8 Å². The van der Waals surface area contributed by atoms with Gasteiger partial charge in [-0.05, 0) is 27.7 Å². The van der Waals surface area contributed by atoms with Crippen LogP contribution < -0.4 is 10.0 Å². The summed E-state index contributed by atoms with van der Waals surface area (Å²) in [5.41, 5.74) is 0.282. The van der Waals surface area contributed by atoms with Gasteiger partial charge in [0.05, 0.1) is 12.3 Å². The Balaban J connectivity index is 2.65. The van der Waals surface area contributed by atoms with Crippen molar-refractivity contribution in [3.05, 3.63) is 0 Å². The van der Waals surface area contributed by atoms with Crippen molar-refractivity contribution in [1.29, 1.82) is 0 Å². The number of nitrogens with one attached hydrogen (secondary N) is 2. The van der Waals surface area contributed by atoms with Crippen molar-refractivity contribution < 1.29 is 8.42 Å². The number of aliphatic imine (C=N–C) groups is 1. The zero-order valence-corrected chi connectivity index (χ0v) is 15.0. The van der Waals surface area contributed by atoms with Crippen molar-refractivity contribution in [1.82, 2.24) is 14.9 Å². The average molecular weight is 318 g/mol. The third kappa shape index (κ3) is 4.10. The summed E-state index contributed by atoms with van der Waals surface area (Å²) in [5, 5.41) is 3.29. The van der Waals surface area contributed by atoms with Crippen molar-refractivity contribution in [2.45, 2.75) is 47.1 Å². The molecule has 6 nitrogen and oxygen atoms in total. The molecule has 2 N–H and O–H groups in total. The average Bonchev–Trinajstić information content (AvgIpc) is 2.40. The largest absolute Gasteiger partial charge is 0.356 e. The molecule has 0 aliphatic carbocycles. The first-order chi connectivity index (χ1) is 9.57. The molecule has 1 saturated heterocycles. The Morgan fingerprint density at radius 2 is 1.86 bits per heavy atom. The summed E-state index contributed by atoms with van der Waals surface area (Å²) in [4.78, 5) is 6.79. The van der Waals surface area contributed by atoms with Crippen molar-refractivity contribution >= 4 is 16.0 Å². The van der Waals surface area contributed by atoms with Gasteiger partial charge in [-0.25, -0.2) is 13.1 Å². The van der Waals surface area contributed by atoms with E-state index in [1.807, 2.05) is 6.92 Å². The van der Waals surface area contributed by atoms with Crippen LogP contribution in [0.15, 0.2) is 4.99 Å². The Labute approximate surface area is 129 Å². The van der Waals surface area contributed by atoms with E-state index in [-0.39, 0.29) is 16.7 Å². The van der Waals surface area contributed by atoms with Crippen molar-refractivity contribution in [3.63, 3.8) is 0 Å². The van der Waals surface area contributed by atoms with E-state index >= 15 is 0 Å². The lowest BCUT2D eigenvalue weighted by Crippen LogP contribution is -2.72. The first-order valence-corrected chi connectivity index (χ1v) is 9.26. The van der Waals surface area contributed by atoms with Gasteiger partial charge in [0.1, 0.15) is 0 Å². The highest BCUT2D eigenvalue weighted by atomic mass is 32.2. The number of guanidine groups is 1. The van der Waals surface area contributed by atoms with Gasteiger partial charge in [-0.15, -0.1) is 0 Å². The van der Waals surface area contributed by atoms with Crippen LogP contribution >= 0.6 is 0 Å². The molecule has 1 aliphatic heterocycles. The predicted octanol–water partition coefficient (Wildman–Crippen LogP) is 1.01. The van der Waals surface area contributed by atoms with Crippen molar-refractivity contribution in [3.8, 4) is 0 Å².